The highest BCUT2D eigenvalue weighted by Crippen LogP contribution is 2.23. The summed E-state index contributed by atoms with van der Waals surface area (Å²) in [4.78, 5) is 0.438. The van der Waals surface area contributed by atoms with Gasteiger partial charge in [-0.2, -0.15) is 0 Å². The molecule has 0 bridgehead atoms. The van der Waals surface area contributed by atoms with E-state index in [1.54, 1.807) is 6.07 Å². The van der Waals surface area contributed by atoms with Gasteiger partial charge in [-0.25, -0.2) is 0 Å². The van der Waals surface area contributed by atoms with Crippen molar-refractivity contribution in [2.45, 2.75) is 0 Å². The van der Waals surface area contributed by atoms with Gasteiger partial charge in [0.1, 0.15) is 0 Å². The van der Waals surface area contributed by atoms with Crippen molar-refractivity contribution in [3.05, 3.63) is 27.4 Å². The average molecular weight is 204 g/mol. The third-order valence-electron chi connectivity index (χ3n) is 1.49. The predicted octanol–water partition coefficient (Wildman–Crippen LogP) is 1.50. The zero-order valence-electron chi connectivity index (χ0n) is 5.71. The van der Waals surface area contributed by atoms with E-state index in [2.05, 4.69) is 10.3 Å². The van der Waals surface area contributed by atoms with E-state index in [0.29, 0.717) is 25.9 Å². The molecule has 0 saturated carbocycles. The SMILES string of the molecule is [O-][n+]1n[nH]c2c(Cl)cc(Cl)cc21. The van der Waals surface area contributed by atoms with Crippen LogP contribution in [0.5, 0.6) is 0 Å². The van der Waals surface area contributed by atoms with Crippen LogP contribution in [0.2, 0.25) is 10.0 Å². The molecule has 12 heavy (non-hydrogen) atoms. The number of hydrogen-bond acceptors (Lipinski definition) is 2. The van der Waals surface area contributed by atoms with Gasteiger partial charge in [-0.15, -0.1) is 9.94 Å². The Morgan fingerprint density at radius 1 is 1.42 bits per heavy atom. The summed E-state index contributed by atoms with van der Waals surface area (Å²) in [5.41, 5.74) is 0.837. The summed E-state index contributed by atoms with van der Waals surface area (Å²) in [6, 6.07) is 3.04. The maximum atomic E-state index is 10.9. The lowest BCUT2D eigenvalue weighted by molar-refractivity contribution is -0.644. The van der Waals surface area contributed by atoms with E-state index in [-0.39, 0.29) is 0 Å². The summed E-state index contributed by atoms with van der Waals surface area (Å²) in [6.07, 6.45) is 0. The highest BCUT2D eigenvalue weighted by Gasteiger charge is 2.11. The number of H-pyrrole nitrogens is 1. The largest absolute Gasteiger partial charge is 0.691 e. The van der Waals surface area contributed by atoms with Crippen LogP contribution in [0.15, 0.2) is 12.1 Å². The molecule has 1 heterocycles. The van der Waals surface area contributed by atoms with Gasteiger partial charge >= 0.3 is 0 Å². The maximum absolute atomic E-state index is 10.9. The molecule has 0 amide bonds. The van der Waals surface area contributed by atoms with Gasteiger partial charge in [0.25, 0.3) is 0 Å². The molecule has 6 heteroatoms. The first-order valence-corrected chi connectivity index (χ1v) is 3.87. The summed E-state index contributed by atoms with van der Waals surface area (Å²) in [7, 11) is 0. The van der Waals surface area contributed by atoms with Crippen molar-refractivity contribution in [2.24, 2.45) is 0 Å². The molecule has 0 aliphatic carbocycles. The third kappa shape index (κ3) is 1.00. The van der Waals surface area contributed by atoms with Gasteiger partial charge in [-0.1, -0.05) is 23.2 Å². The Labute approximate surface area is 77.3 Å². The van der Waals surface area contributed by atoms with Crippen molar-refractivity contribution in [3.8, 4) is 0 Å². The molecule has 1 aromatic heterocycles. The van der Waals surface area contributed by atoms with Gasteiger partial charge in [0, 0.05) is 11.1 Å². The van der Waals surface area contributed by atoms with Crippen LogP contribution in [-0.4, -0.2) is 10.3 Å². The molecule has 1 N–H and O–H groups in total. The second-order valence-corrected chi connectivity index (χ2v) is 3.11. The van der Waals surface area contributed by atoms with E-state index in [0.717, 1.165) is 0 Å². The molecule has 0 radical (unpaired) electrons. The summed E-state index contributed by atoms with van der Waals surface area (Å²) in [5, 5.41) is 17.6. The van der Waals surface area contributed by atoms with E-state index in [1.165, 1.54) is 6.07 Å². The van der Waals surface area contributed by atoms with Crippen LogP contribution < -0.4 is 4.85 Å². The number of rotatable bonds is 0. The van der Waals surface area contributed by atoms with Gasteiger partial charge in [-0.05, 0) is 6.07 Å². The molecule has 2 aromatic rings. The number of aromatic nitrogens is 3. The number of nitrogens with zero attached hydrogens (tertiary/aromatic N) is 2. The molecule has 0 atom stereocenters. The van der Waals surface area contributed by atoms with Gasteiger partial charge in [0.15, 0.2) is 0 Å². The normalized spacial score (nSPS) is 10.8. The quantitative estimate of drug-likeness (QED) is 0.522. The van der Waals surface area contributed by atoms with Crippen LogP contribution in [0.4, 0.5) is 0 Å². The lowest BCUT2D eigenvalue weighted by atomic mass is 10.3. The topological polar surface area (TPSA) is 55.6 Å². The first kappa shape index (κ1) is 7.64. The smallest absolute Gasteiger partial charge is 0.214 e. The Morgan fingerprint density at radius 2 is 2.17 bits per heavy atom. The Morgan fingerprint density at radius 3 is 2.92 bits per heavy atom. The van der Waals surface area contributed by atoms with Crippen molar-refractivity contribution < 1.29 is 4.85 Å². The summed E-state index contributed by atoms with van der Waals surface area (Å²) >= 11 is 11.4. The minimum absolute atomic E-state index is 0.340. The maximum Gasteiger partial charge on any atom is 0.214 e. The second kappa shape index (κ2) is 2.50. The fourth-order valence-corrected chi connectivity index (χ4v) is 1.50. The van der Waals surface area contributed by atoms with Gasteiger partial charge in [0.2, 0.25) is 11.0 Å². The van der Waals surface area contributed by atoms with Gasteiger partial charge < -0.3 is 5.21 Å². The van der Waals surface area contributed by atoms with Gasteiger partial charge in [0.05, 0.1) is 10.2 Å². The van der Waals surface area contributed by atoms with E-state index in [9.17, 15) is 5.21 Å². The number of halogens is 2. The Hall–Kier alpha value is -1.00. The van der Waals surface area contributed by atoms with Crippen molar-refractivity contribution in [2.75, 3.05) is 0 Å². The summed E-state index contributed by atoms with van der Waals surface area (Å²) < 4.78 is 0. The molecule has 2 rings (SSSR count). The second-order valence-electron chi connectivity index (χ2n) is 2.27. The van der Waals surface area contributed by atoms with Crippen molar-refractivity contribution >= 4 is 34.2 Å². The van der Waals surface area contributed by atoms with E-state index in [4.69, 9.17) is 23.2 Å². The van der Waals surface area contributed by atoms with Crippen molar-refractivity contribution in [3.63, 3.8) is 0 Å². The fraction of sp³-hybridized carbons (Fsp3) is 0. The fourth-order valence-electron chi connectivity index (χ4n) is 0.971. The van der Waals surface area contributed by atoms with E-state index in [1.807, 2.05) is 0 Å². The Kier molecular flexibility index (Phi) is 1.59. The lowest BCUT2D eigenvalue weighted by Crippen LogP contribution is -2.27. The van der Waals surface area contributed by atoms with E-state index >= 15 is 0 Å². The minimum atomic E-state index is 0.340. The molecule has 4 nitrogen and oxygen atoms in total. The number of nitrogens with one attached hydrogen (secondary N) is 1. The molecule has 62 valence electrons. The highest BCUT2D eigenvalue weighted by molar-refractivity contribution is 6.37. The molecule has 0 aliphatic rings. The summed E-state index contributed by atoms with van der Waals surface area (Å²) in [6.45, 7) is 0. The average Bonchev–Trinajstić information content (AvgIpc) is 2.33. The number of fused-ring (bicyclic) bond motifs is 1. The third-order valence-corrected chi connectivity index (χ3v) is 2.01. The molecular formula is C6H3Cl2N3O. The Bertz CT molecular complexity index is 440. The molecule has 0 spiro atoms. The standard InChI is InChI=1S/C6H3Cl2N3O/c7-3-1-4(8)6-5(2-3)11(12)10-9-6/h1-2,9H. The summed E-state index contributed by atoms with van der Waals surface area (Å²) in [5.74, 6) is 0. The van der Waals surface area contributed by atoms with Crippen LogP contribution in [0, 0.1) is 5.21 Å². The zero-order chi connectivity index (χ0) is 8.72. The lowest BCUT2D eigenvalue weighted by Gasteiger charge is -1.93. The zero-order valence-corrected chi connectivity index (χ0v) is 7.23. The van der Waals surface area contributed by atoms with Crippen LogP contribution in [0.1, 0.15) is 0 Å². The van der Waals surface area contributed by atoms with Crippen LogP contribution >= 0.6 is 23.2 Å². The van der Waals surface area contributed by atoms with Crippen LogP contribution in [0.25, 0.3) is 11.0 Å². The monoisotopic (exact) mass is 203 g/mol. The number of hydrogen-bond donors (Lipinski definition) is 1. The minimum Gasteiger partial charge on any atom is -0.691 e. The molecule has 0 unspecified atom stereocenters. The number of benzene rings is 1. The van der Waals surface area contributed by atoms with E-state index < -0.39 is 0 Å². The van der Waals surface area contributed by atoms with Crippen LogP contribution in [0.3, 0.4) is 0 Å². The first-order valence-electron chi connectivity index (χ1n) is 3.11. The molecule has 0 fully saturated rings. The molecule has 1 aromatic carbocycles. The molecule has 0 aliphatic heterocycles. The Balaban J connectivity index is 2.92. The molecular weight excluding hydrogens is 201 g/mol. The van der Waals surface area contributed by atoms with Crippen LogP contribution in [-0.2, 0) is 0 Å². The highest BCUT2D eigenvalue weighted by atomic mass is 35.5. The first-order chi connectivity index (χ1) is 5.68. The molecule has 0 saturated heterocycles. The van der Waals surface area contributed by atoms with Crippen molar-refractivity contribution in [1.82, 2.24) is 10.3 Å². The van der Waals surface area contributed by atoms with Crippen molar-refractivity contribution in [1.29, 1.82) is 0 Å². The van der Waals surface area contributed by atoms with Gasteiger partial charge in [-0.3, -0.25) is 0 Å². The predicted molar refractivity (Wildman–Crippen MR) is 45.1 cm³/mol. The number of aromatic amines is 1.